The summed E-state index contributed by atoms with van der Waals surface area (Å²) in [5.74, 6) is 0. The molecule has 0 aromatic heterocycles. The van der Waals surface area contributed by atoms with Crippen molar-refractivity contribution in [2.45, 2.75) is 13.3 Å². The summed E-state index contributed by atoms with van der Waals surface area (Å²) >= 11 is 0. The van der Waals surface area contributed by atoms with Gasteiger partial charge in [0.2, 0.25) is 0 Å². The topological polar surface area (TPSA) is 12.0 Å². The van der Waals surface area contributed by atoms with Crippen LogP contribution in [0.15, 0.2) is 37.1 Å². The zero-order chi connectivity index (χ0) is 7.98. The SMILES string of the molecule is C=CC(=C)C(=C)NCCC. The van der Waals surface area contributed by atoms with Gasteiger partial charge in [-0.15, -0.1) is 0 Å². The van der Waals surface area contributed by atoms with Crippen LogP contribution < -0.4 is 5.32 Å². The molecule has 0 fully saturated rings. The summed E-state index contributed by atoms with van der Waals surface area (Å²) in [6.45, 7) is 14.2. The Morgan fingerprint density at radius 1 is 1.50 bits per heavy atom. The number of hydrogen-bond acceptors (Lipinski definition) is 1. The van der Waals surface area contributed by atoms with E-state index in [1.54, 1.807) is 6.08 Å². The zero-order valence-electron chi connectivity index (χ0n) is 6.61. The smallest absolute Gasteiger partial charge is 0.0334 e. The highest BCUT2D eigenvalue weighted by molar-refractivity contribution is 5.32. The lowest BCUT2D eigenvalue weighted by molar-refractivity contribution is 0.782. The highest BCUT2D eigenvalue weighted by atomic mass is 14.9. The molecule has 10 heavy (non-hydrogen) atoms. The molecule has 0 spiro atoms. The number of hydrogen-bond donors (Lipinski definition) is 1. The first-order chi connectivity index (χ1) is 4.72. The second kappa shape index (κ2) is 4.86. The molecule has 0 aliphatic rings. The maximum atomic E-state index is 3.78. The first-order valence-electron chi connectivity index (χ1n) is 3.46. The van der Waals surface area contributed by atoms with Gasteiger partial charge >= 0.3 is 0 Å². The van der Waals surface area contributed by atoms with E-state index in [1.165, 1.54) is 0 Å². The molecule has 1 heteroatoms. The summed E-state index contributed by atoms with van der Waals surface area (Å²) in [5, 5.41) is 3.12. The lowest BCUT2D eigenvalue weighted by Crippen LogP contribution is -2.13. The van der Waals surface area contributed by atoms with Crippen molar-refractivity contribution in [2.75, 3.05) is 6.54 Å². The second-order valence-electron chi connectivity index (χ2n) is 2.13. The highest BCUT2D eigenvalue weighted by Gasteiger charge is 1.91. The third kappa shape index (κ3) is 3.13. The van der Waals surface area contributed by atoms with Gasteiger partial charge in [-0.1, -0.05) is 32.7 Å². The molecule has 0 bridgehead atoms. The van der Waals surface area contributed by atoms with Crippen LogP contribution in [0.2, 0.25) is 0 Å². The first-order valence-corrected chi connectivity index (χ1v) is 3.46. The van der Waals surface area contributed by atoms with Gasteiger partial charge in [0.1, 0.15) is 0 Å². The van der Waals surface area contributed by atoms with Crippen molar-refractivity contribution in [1.29, 1.82) is 0 Å². The lowest BCUT2D eigenvalue weighted by atomic mass is 10.2. The average molecular weight is 137 g/mol. The molecule has 0 aliphatic heterocycles. The summed E-state index contributed by atoms with van der Waals surface area (Å²) in [4.78, 5) is 0. The van der Waals surface area contributed by atoms with Crippen LogP contribution in [0.4, 0.5) is 0 Å². The molecule has 0 radical (unpaired) electrons. The van der Waals surface area contributed by atoms with Crippen LogP contribution in [-0.2, 0) is 0 Å². The molecular formula is C9H15N. The Kier molecular flexibility index (Phi) is 4.38. The summed E-state index contributed by atoms with van der Waals surface area (Å²) in [6, 6.07) is 0. The fourth-order valence-electron chi connectivity index (χ4n) is 0.513. The summed E-state index contributed by atoms with van der Waals surface area (Å²) < 4.78 is 0. The molecule has 0 unspecified atom stereocenters. The van der Waals surface area contributed by atoms with Gasteiger partial charge in [0.25, 0.3) is 0 Å². The molecule has 1 nitrogen and oxygen atoms in total. The Morgan fingerprint density at radius 3 is 2.50 bits per heavy atom. The largest absolute Gasteiger partial charge is 0.385 e. The fraction of sp³-hybridized carbons (Fsp3) is 0.333. The predicted octanol–water partition coefficient (Wildman–Crippen LogP) is 2.24. The van der Waals surface area contributed by atoms with Crippen molar-refractivity contribution in [3.8, 4) is 0 Å². The van der Waals surface area contributed by atoms with E-state index in [1.807, 2.05) is 0 Å². The van der Waals surface area contributed by atoms with Crippen LogP contribution >= 0.6 is 0 Å². The molecule has 0 aromatic rings. The Balaban J connectivity index is 3.62. The van der Waals surface area contributed by atoms with Crippen LogP contribution in [0.3, 0.4) is 0 Å². The maximum Gasteiger partial charge on any atom is 0.0334 e. The molecule has 0 rings (SSSR count). The van der Waals surface area contributed by atoms with Gasteiger partial charge in [0.15, 0.2) is 0 Å². The van der Waals surface area contributed by atoms with Crippen molar-refractivity contribution < 1.29 is 0 Å². The van der Waals surface area contributed by atoms with Gasteiger partial charge in [0.05, 0.1) is 0 Å². The molecule has 0 saturated heterocycles. The Morgan fingerprint density at radius 2 is 2.10 bits per heavy atom. The monoisotopic (exact) mass is 137 g/mol. The molecular weight excluding hydrogens is 122 g/mol. The van der Waals surface area contributed by atoms with Crippen molar-refractivity contribution in [3.63, 3.8) is 0 Å². The molecule has 0 saturated carbocycles. The zero-order valence-corrected chi connectivity index (χ0v) is 6.61. The van der Waals surface area contributed by atoms with E-state index < -0.39 is 0 Å². The van der Waals surface area contributed by atoms with E-state index in [2.05, 4.69) is 32.0 Å². The minimum absolute atomic E-state index is 0.869. The van der Waals surface area contributed by atoms with E-state index in [4.69, 9.17) is 0 Å². The molecule has 0 aliphatic carbocycles. The molecule has 0 atom stereocenters. The number of rotatable bonds is 5. The van der Waals surface area contributed by atoms with Crippen LogP contribution in [-0.4, -0.2) is 6.54 Å². The van der Waals surface area contributed by atoms with Gasteiger partial charge in [-0.05, 0) is 12.0 Å². The first kappa shape index (κ1) is 9.02. The molecule has 0 aromatic carbocycles. The summed E-state index contributed by atoms with van der Waals surface area (Å²) in [7, 11) is 0. The van der Waals surface area contributed by atoms with Crippen LogP contribution in [0, 0.1) is 0 Å². The minimum atomic E-state index is 0.869. The Labute approximate surface area is 63.1 Å². The Hall–Kier alpha value is -0.980. The molecule has 0 amide bonds. The van der Waals surface area contributed by atoms with Gasteiger partial charge in [0, 0.05) is 12.2 Å². The Bertz CT molecular complexity index is 145. The van der Waals surface area contributed by atoms with Crippen molar-refractivity contribution in [3.05, 3.63) is 37.1 Å². The molecule has 0 heterocycles. The lowest BCUT2D eigenvalue weighted by Gasteiger charge is -2.06. The summed E-state index contributed by atoms with van der Waals surface area (Å²) in [5.41, 5.74) is 1.74. The van der Waals surface area contributed by atoms with Gasteiger partial charge in [-0.3, -0.25) is 0 Å². The van der Waals surface area contributed by atoms with Gasteiger partial charge < -0.3 is 5.32 Å². The van der Waals surface area contributed by atoms with Crippen LogP contribution in [0.5, 0.6) is 0 Å². The minimum Gasteiger partial charge on any atom is -0.385 e. The van der Waals surface area contributed by atoms with E-state index >= 15 is 0 Å². The maximum absolute atomic E-state index is 3.78. The van der Waals surface area contributed by atoms with E-state index in [9.17, 15) is 0 Å². The average Bonchev–Trinajstić information content (AvgIpc) is 1.98. The number of allylic oxidation sites excluding steroid dienone is 1. The van der Waals surface area contributed by atoms with Crippen molar-refractivity contribution >= 4 is 0 Å². The quantitative estimate of drug-likeness (QED) is 0.573. The van der Waals surface area contributed by atoms with E-state index in [0.717, 1.165) is 24.2 Å². The summed E-state index contributed by atoms with van der Waals surface area (Å²) in [6.07, 6.45) is 2.80. The normalized spacial score (nSPS) is 8.50. The molecule has 56 valence electrons. The van der Waals surface area contributed by atoms with Crippen molar-refractivity contribution in [1.82, 2.24) is 5.32 Å². The standard InChI is InChI=1S/C9H15N/c1-5-7-10-9(4)8(3)6-2/h6,10H,2-5,7H2,1H3. The third-order valence-electron chi connectivity index (χ3n) is 1.22. The highest BCUT2D eigenvalue weighted by Crippen LogP contribution is 2.00. The van der Waals surface area contributed by atoms with Crippen LogP contribution in [0.25, 0.3) is 0 Å². The van der Waals surface area contributed by atoms with Crippen molar-refractivity contribution in [2.24, 2.45) is 0 Å². The fourth-order valence-corrected chi connectivity index (χ4v) is 0.513. The second-order valence-corrected chi connectivity index (χ2v) is 2.13. The predicted molar refractivity (Wildman–Crippen MR) is 46.8 cm³/mol. The van der Waals surface area contributed by atoms with Crippen LogP contribution in [0.1, 0.15) is 13.3 Å². The third-order valence-corrected chi connectivity index (χ3v) is 1.22. The van der Waals surface area contributed by atoms with E-state index in [-0.39, 0.29) is 0 Å². The number of nitrogens with one attached hydrogen (secondary N) is 1. The van der Waals surface area contributed by atoms with Gasteiger partial charge in [-0.2, -0.15) is 0 Å². The van der Waals surface area contributed by atoms with Gasteiger partial charge in [-0.25, -0.2) is 0 Å². The van der Waals surface area contributed by atoms with E-state index in [0.29, 0.717) is 0 Å². The molecule has 1 N–H and O–H groups in total.